The van der Waals surface area contributed by atoms with E-state index in [1.165, 1.54) is 4.68 Å². The number of carbonyl (C=O) groups is 3. The van der Waals surface area contributed by atoms with E-state index in [0.29, 0.717) is 40.1 Å². The second-order valence-electron chi connectivity index (χ2n) is 7.84. The van der Waals surface area contributed by atoms with Crippen molar-refractivity contribution in [1.29, 1.82) is 0 Å². The summed E-state index contributed by atoms with van der Waals surface area (Å²) in [6.45, 7) is 10.3. The summed E-state index contributed by atoms with van der Waals surface area (Å²) >= 11 is 2.20. The SMILES string of the molecule is CCOC(=O)c1c(NC(=O)CSc2nnnn2-c2cc(C)ccc2OC)sc(C(=O)N(CC)CC)c1C. The Morgan fingerprint density at radius 1 is 1.16 bits per heavy atom. The zero-order chi connectivity index (χ0) is 27.1. The van der Waals surface area contributed by atoms with E-state index in [1.54, 1.807) is 25.9 Å². The number of nitrogens with one attached hydrogen (secondary N) is 1. The summed E-state index contributed by atoms with van der Waals surface area (Å²) < 4.78 is 12.1. The molecule has 0 aliphatic heterocycles. The summed E-state index contributed by atoms with van der Waals surface area (Å²) in [5, 5.41) is 15.3. The van der Waals surface area contributed by atoms with Crippen molar-refractivity contribution in [3.05, 3.63) is 39.8 Å². The van der Waals surface area contributed by atoms with Crippen molar-refractivity contribution < 1.29 is 23.9 Å². The summed E-state index contributed by atoms with van der Waals surface area (Å²) in [6.07, 6.45) is 0. The molecule has 0 bridgehead atoms. The molecule has 3 aromatic rings. The predicted molar refractivity (Wildman–Crippen MR) is 142 cm³/mol. The molecule has 11 nitrogen and oxygen atoms in total. The number of amides is 2. The Bertz CT molecular complexity index is 1280. The number of thioether (sulfide) groups is 1. The van der Waals surface area contributed by atoms with E-state index in [4.69, 9.17) is 9.47 Å². The van der Waals surface area contributed by atoms with Gasteiger partial charge in [0, 0.05) is 13.1 Å². The molecular weight excluding hydrogens is 516 g/mol. The van der Waals surface area contributed by atoms with E-state index in [-0.39, 0.29) is 34.7 Å². The smallest absolute Gasteiger partial charge is 0.341 e. The molecule has 0 saturated carbocycles. The zero-order valence-electron chi connectivity index (χ0n) is 21.7. The van der Waals surface area contributed by atoms with E-state index in [9.17, 15) is 14.4 Å². The normalized spacial score (nSPS) is 10.8. The number of nitrogens with zero attached hydrogens (tertiary/aromatic N) is 5. The predicted octanol–water partition coefficient (Wildman–Crippen LogP) is 3.74. The molecule has 1 aromatic carbocycles. The van der Waals surface area contributed by atoms with Gasteiger partial charge in [0.2, 0.25) is 11.1 Å². The molecule has 2 aromatic heterocycles. The highest BCUT2D eigenvalue weighted by atomic mass is 32.2. The van der Waals surface area contributed by atoms with Gasteiger partial charge in [0.05, 0.1) is 29.9 Å². The molecule has 0 atom stereocenters. The van der Waals surface area contributed by atoms with Crippen molar-refractivity contribution >= 4 is 45.9 Å². The molecule has 13 heteroatoms. The molecule has 2 heterocycles. The Hall–Kier alpha value is -3.45. The van der Waals surface area contributed by atoms with Crippen molar-refractivity contribution in [2.75, 3.05) is 37.9 Å². The highest BCUT2D eigenvalue weighted by molar-refractivity contribution is 7.99. The van der Waals surface area contributed by atoms with Crippen LogP contribution in [0.2, 0.25) is 0 Å². The number of hydrogen-bond donors (Lipinski definition) is 1. The Kier molecular flexibility index (Phi) is 9.64. The lowest BCUT2D eigenvalue weighted by Crippen LogP contribution is -2.30. The number of ether oxygens (including phenoxy) is 2. The molecule has 0 fully saturated rings. The summed E-state index contributed by atoms with van der Waals surface area (Å²) in [6, 6.07) is 5.62. The standard InChI is InChI=1S/C24H30N6O5S2/c1-7-29(8-2)22(32)20-15(5)19(23(33)35-9-3)21(37-20)25-18(31)13-36-24-26-27-28-30(24)16-12-14(4)10-11-17(16)34-6/h10-12H,7-9,13H2,1-6H3,(H,25,31). The lowest BCUT2D eigenvalue weighted by molar-refractivity contribution is -0.113. The molecule has 2 amide bonds. The first-order valence-electron chi connectivity index (χ1n) is 11.7. The first-order chi connectivity index (χ1) is 17.7. The first kappa shape index (κ1) is 28.1. The van der Waals surface area contributed by atoms with Crippen LogP contribution in [0.4, 0.5) is 5.00 Å². The van der Waals surface area contributed by atoms with E-state index in [2.05, 4.69) is 20.8 Å². The summed E-state index contributed by atoms with van der Waals surface area (Å²) in [4.78, 5) is 40.7. The topological polar surface area (TPSA) is 129 Å². The Morgan fingerprint density at radius 3 is 2.54 bits per heavy atom. The van der Waals surface area contributed by atoms with Crippen LogP contribution in [0.25, 0.3) is 5.69 Å². The maximum absolute atomic E-state index is 13.0. The number of esters is 1. The molecule has 0 spiro atoms. The maximum Gasteiger partial charge on any atom is 0.341 e. The van der Waals surface area contributed by atoms with Crippen LogP contribution in [0.3, 0.4) is 0 Å². The summed E-state index contributed by atoms with van der Waals surface area (Å²) in [7, 11) is 1.56. The van der Waals surface area contributed by atoms with Crippen molar-refractivity contribution in [3.8, 4) is 11.4 Å². The fraction of sp³-hybridized carbons (Fsp3) is 0.417. The second kappa shape index (κ2) is 12.7. The molecule has 0 radical (unpaired) electrons. The van der Waals surface area contributed by atoms with Gasteiger partial charge in [0.15, 0.2) is 0 Å². The van der Waals surface area contributed by atoms with Crippen LogP contribution in [0.5, 0.6) is 5.75 Å². The van der Waals surface area contributed by atoms with Crippen LogP contribution in [0, 0.1) is 13.8 Å². The van der Waals surface area contributed by atoms with Crippen molar-refractivity contribution in [3.63, 3.8) is 0 Å². The lowest BCUT2D eigenvalue weighted by atomic mass is 10.1. The van der Waals surface area contributed by atoms with Crippen LogP contribution in [-0.4, -0.2) is 75.4 Å². The molecule has 1 N–H and O–H groups in total. The Balaban J connectivity index is 1.83. The molecule has 37 heavy (non-hydrogen) atoms. The van der Waals surface area contributed by atoms with Gasteiger partial charge in [-0.05, 0) is 68.3 Å². The number of anilines is 1. The average molecular weight is 547 g/mol. The van der Waals surface area contributed by atoms with Gasteiger partial charge in [-0.25, -0.2) is 4.79 Å². The van der Waals surface area contributed by atoms with E-state index in [1.807, 2.05) is 39.0 Å². The lowest BCUT2D eigenvalue weighted by Gasteiger charge is -2.18. The van der Waals surface area contributed by atoms with Crippen molar-refractivity contribution in [1.82, 2.24) is 25.1 Å². The molecule has 0 saturated heterocycles. The van der Waals surface area contributed by atoms with Crippen LogP contribution in [-0.2, 0) is 9.53 Å². The number of aromatic nitrogens is 4. The number of methoxy groups -OCH3 is 1. The van der Waals surface area contributed by atoms with Crippen LogP contribution in [0.1, 0.15) is 51.9 Å². The molecule has 0 aliphatic carbocycles. The number of carbonyl (C=O) groups excluding carboxylic acids is 3. The minimum atomic E-state index is -0.590. The maximum atomic E-state index is 13.0. The third-order valence-electron chi connectivity index (χ3n) is 5.46. The average Bonchev–Trinajstić information content (AvgIpc) is 3.47. The minimum Gasteiger partial charge on any atom is -0.494 e. The number of hydrogen-bond acceptors (Lipinski definition) is 10. The van der Waals surface area contributed by atoms with E-state index in [0.717, 1.165) is 28.7 Å². The van der Waals surface area contributed by atoms with E-state index >= 15 is 0 Å². The Labute approximate surface area is 223 Å². The fourth-order valence-electron chi connectivity index (χ4n) is 3.59. The molecule has 0 unspecified atom stereocenters. The number of tetrazole rings is 1. The summed E-state index contributed by atoms with van der Waals surface area (Å²) in [5.74, 6) is -0.618. The van der Waals surface area contributed by atoms with Crippen molar-refractivity contribution in [2.45, 2.75) is 39.8 Å². The zero-order valence-corrected chi connectivity index (χ0v) is 23.3. The highest BCUT2D eigenvalue weighted by Crippen LogP contribution is 2.35. The number of benzene rings is 1. The first-order valence-corrected chi connectivity index (χ1v) is 13.5. The minimum absolute atomic E-state index is 0.0347. The monoisotopic (exact) mass is 546 g/mol. The third-order valence-corrected chi connectivity index (χ3v) is 7.57. The Morgan fingerprint density at radius 2 is 1.89 bits per heavy atom. The fourth-order valence-corrected chi connectivity index (χ4v) is 5.45. The van der Waals surface area contributed by atoms with Gasteiger partial charge < -0.3 is 19.7 Å². The number of thiophene rings is 1. The van der Waals surface area contributed by atoms with Crippen molar-refractivity contribution in [2.24, 2.45) is 0 Å². The highest BCUT2D eigenvalue weighted by Gasteiger charge is 2.28. The molecule has 3 rings (SSSR count). The van der Waals surface area contributed by atoms with Gasteiger partial charge in [-0.3, -0.25) is 9.59 Å². The summed E-state index contributed by atoms with van der Waals surface area (Å²) in [5.41, 5.74) is 2.32. The van der Waals surface area contributed by atoms with Gasteiger partial charge in [-0.2, -0.15) is 4.68 Å². The number of rotatable bonds is 11. The van der Waals surface area contributed by atoms with Gasteiger partial charge in [-0.15, -0.1) is 16.4 Å². The van der Waals surface area contributed by atoms with Crippen LogP contribution in [0.15, 0.2) is 23.4 Å². The quantitative estimate of drug-likeness (QED) is 0.282. The van der Waals surface area contributed by atoms with Gasteiger partial charge in [-0.1, -0.05) is 17.8 Å². The van der Waals surface area contributed by atoms with Gasteiger partial charge in [0.25, 0.3) is 5.91 Å². The van der Waals surface area contributed by atoms with E-state index < -0.39 is 5.97 Å². The number of aryl methyl sites for hydroxylation is 1. The third kappa shape index (κ3) is 6.28. The van der Waals surface area contributed by atoms with Crippen LogP contribution >= 0.6 is 23.1 Å². The van der Waals surface area contributed by atoms with Gasteiger partial charge in [0.1, 0.15) is 16.4 Å². The van der Waals surface area contributed by atoms with Gasteiger partial charge >= 0.3 is 5.97 Å². The largest absolute Gasteiger partial charge is 0.494 e. The molecular formula is C24H30N6O5S2. The second-order valence-corrected chi connectivity index (χ2v) is 9.81. The molecule has 198 valence electrons. The molecule has 0 aliphatic rings. The van der Waals surface area contributed by atoms with Crippen LogP contribution < -0.4 is 10.1 Å².